The molecule has 0 bridgehead atoms. The largest absolute Gasteiger partial charge is 0.497 e. The monoisotopic (exact) mass is 355 g/mol. The maximum Gasteiger partial charge on any atom is 0.257 e. The van der Waals surface area contributed by atoms with Crippen LogP contribution in [-0.2, 0) is 9.53 Å². The molecule has 26 heavy (non-hydrogen) atoms. The van der Waals surface area contributed by atoms with Crippen molar-refractivity contribution in [3.05, 3.63) is 78.0 Å². The molecule has 2 aromatic rings. The van der Waals surface area contributed by atoms with Crippen LogP contribution >= 0.6 is 0 Å². The first-order valence-corrected chi connectivity index (χ1v) is 8.43. The highest BCUT2D eigenvalue weighted by Gasteiger charge is 2.19. The number of hydrogen-bond donors (Lipinski definition) is 2. The number of carbonyl (C=O) groups excluding carboxylic acids is 1. The van der Waals surface area contributed by atoms with Crippen molar-refractivity contribution in [2.45, 2.75) is 19.1 Å². The first-order valence-electron chi connectivity index (χ1n) is 8.43. The van der Waals surface area contributed by atoms with Crippen LogP contribution in [0.5, 0.6) is 5.75 Å². The second-order valence-corrected chi connectivity index (χ2v) is 5.97. The molecule has 0 spiro atoms. The molecule has 1 amide bonds. The molecule has 5 nitrogen and oxygen atoms in total. The summed E-state index contributed by atoms with van der Waals surface area (Å²) in [6.45, 7) is 1.88. The van der Waals surface area contributed by atoms with Crippen LogP contribution in [0.3, 0.4) is 0 Å². The lowest BCUT2D eigenvalue weighted by Gasteiger charge is -2.17. The molecule has 0 fully saturated rings. The van der Waals surface area contributed by atoms with Gasteiger partial charge in [-0.2, -0.15) is 0 Å². The van der Waals surface area contributed by atoms with E-state index >= 15 is 0 Å². The van der Waals surface area contributed by atoms with Crippen molar-refractivity contribution in [2.24, 2.45) is 5.92 Å². The minimum Gasteiger partial charge on any atom is -0.497 e. The van der Waals surface area contributed by atoms with E-state index in [1.54, 1.807) is 31.5 Å². The van der Waals surface area contributed by atoms with Crippen molar-refractivity contribution in [3.8, 4) is 5.75 Å². The van der Waals surface area contributed by atoms with E-state index in [-0.39, 0.29) is 11.8 Å². The highest BCUT2D eigenvalue weighted by atomic mass is 16.5. The third-order valence-corrected chi connectivity index (χ3v) is 4.16. The fraction of sp³-hybridized carbons (Fsp3) is 0.286. The summed E-state index contributed by atoms with van der Waals surface area (Å²) in [5.41, 5.74) is 1.57. The van der Waals surface area contributed by atoms with Crippen LogP contribution in [-0.4, -0.2) is 25.2 Å². The lowest BCUT2D eigenvalue weighted by atomic mass is 9.97. The SMILES string of the molecule is COc1ccc([C@H](O)[C@H](C)/C=C/NC(=O)C(OC)c2ccccc2)cc1. The minimum absolute atomic E-state index is 0.179. The Labute approximate surface area is 154 Å². The summed E-state index contributed by atoms with van der Waals surface area (Å²) in [5, 5.41) is 13.1. The van der Waals surface area contributed by atoms with Crippen molar-refractivity contribution in [2.75, 3.05) is 14.2 Å². The van der Waals surface area contributed by atoms with Crippen molar-refractivity contribution in [3.63, 3.8) is 0 Å². The van der Waals surface area contributed by atoms with Gasteiger partial charge in [0.25, 0.3) is 5.91 Å². The van der Waals surface area contributed by atoms with E-state index in [0.717, 1.165) is 16.9 Å². The van der Waals surface area contributed by atoms with Gasteiger partial charge in [-0.25, -0.2) is 0 Å². The Kier molecular flexibility index (Phi) is 7.38. The quantitative estimate of drug-likeness (QED) is 0.762. The molecule has 0 aliphatic carbocycles. The molecule has 2 N–H and O–H groups in total. The number of nitrogens with one attached hydrogen (secondary N) is 1. The minimum atomic E-state index is -0.679. The van der Waals surface area contributed by atoms with E-state index in [0.29, 0.717) is 0 Å². The average molecular weight is 355 g/mol. The Morgan fingerprint density at radius 1 is 1.04 bits per heavy atom. The van der Waals surface area contributed by atoms with Crippen LogP contribution in [0.15, 0.2) is 66.9 Å². The summed E-state index contributed by atoms with van der Waals surface area (Å²) in [6, 6.07) is 16.5. The van der Waals surface area contributed by atoms with Gasteiger partial charge in [0, 0.05) is 19.2 Å². The standard InChI is InChI=1S/C21H25NO4/c1-15(19(23)16-9-11-18(25-2)12-10-16)13-14-22-21(24)20(26-3)17-7-5-4-6-8-17/h4-15,19-20,23H,1-3H3,(H,22,24)/b14-13+/t15-,19-,20?/m1/s1. The molecule has 2 rings (SSSR count). The van der Waals surface area contributed by atoms with Crippen LogP contribution in [0.2, 0.25) is 0 Å². The van der Waals surface area contributed by atoms with Crippen molar-refractivity contribution in [1.29, 1.82) is 0 Å². The number of methoxy groups -OCH3 is 2. The number of hydrogen-bond acceptors (Lipinski definition) is 4. The second-order valence-electron chi connectivity index (χ2n) is 5.97. The molecule has 0 aliphatic rings. The molecule has 0 radical (unpaired) electrons. The molecule has 0 aromatic heterocycles. The van der Waals surface area contributed by atoms with Crippen molar-refractivity contribution < 1.29 is 19.4 Å². The zero-order valence-electron chi connectivity index (χ0n) is 15.3. The number of benzene rings is 2. The van der Waals surface area contributed by atoms with Crippen molar-refractivity contribution >= 4 is 5.91 Å². The van der Waals surface area contributed by atoms with E-state index in [1.807, 2.05) is 49.4 Å². The van der Waals surface area contributed by atoms with Crippen LogP contribution in [0.25, 0.3) is 0 Å². The molecule has 5 heteroatoms. The number of aliphatic hydroxyl groups is 1. The predicted molar refractivity (Wildman–Crippen MR) is 101 cm³/mol. The lowest BCUT2D eigenvalue weighted by molar-refractivity contribution is -0.130. The van der Waals surface area contributed by atoms with Gasteiger partial charge in [0.05, 0.1) is 13.2 Å². The Balaban J connectivity index is 1.94. The summed E-state index contributed by atoms with van der Waals surface area (Å²) in [7, 11) is 3.10. The van der Waals surface area contributed by atoms with E-state index in [1.165, 1.54) is 7.11 Å². The number of amides is 1. The Morgan fingerprint density at radius 2 is 1.69 bits per heavy atom. The predicted octanol–water partition coefficient (Wildman–Crippen LogP) is 3.38. The molecule has 2 aromatic carbocycles. The third-order valence-electron chi connectivity index (χ3n) is 4.16. The molecule has 138 valence electrons. The summed E-state index contributed by atoms with van der Waals surface area (Å²) in [5.74, 6) is 0.297. The zero-order chi connectivity index (χ0) is 18.9. The normalized spacial score (nSPS) is 14.6. The van der Waals surface area contributed by atoms with E-state index in [9.17, 15) is 9.90 Å². The topological polar surface area (TPSA) is 67.8 Å². The Bertz CT molecular complexity index is 713. The van der Waals surface area contributed by atoms with E-state index in [4.69, 9.17) is 9.47 Å². The number of rotatable bonds is 8. The molecular weight excluding hydrogens is 330 g/mol. The van der Waals surface area contributed by atoms with E-state index in [2.05, 4.69) is 5.32 Å². The van der Waals surface area contributed by atoms with Gasteiger partial charge < -0.3 is 19.9 Å². The fourth-order valence-corrected chi connectivity index (χ4v) is 2.59. The smallest absolute Gasteiger partial charge is 0.257 e. The molecule has 0 saturated heterocycles. The molecule has 0 aliphatic heterocycles. The third kappa shape index (κ3) is 5.18. The second kappa shape index (κ2) is 9.75. The highest BCUT2D eigenvalue weighted by molar-refractivity contribution is 5.83. The van der Waals surface area contributed by atoms with Crippen molar-refractivity contribution in [1.82, 2.24) is 5.32 Å². The van der Waals surface area contributed by atoms with Crippen LogP contribution in [0, 0.1) is 5.92 Å². The summed E-state index contributed by atoms with van der Waals surface area (Å²) in [6.07, 6.45) is 1.95. The molecule has 0 saturated carbocycles. The van der Waals surface area contributed by atoms with Gasteiger partial charge in [0.15, 0.2) is 6.10 Å². The van der Waals surface area contributed by atoms with Crippen LogP contribution < -0.4 is 10.1 Å². The molecule has 1 unspecified atom stereocenters. The summed E-state index contributed by atoms with van der Waals surface area (Å²) >= 11 is 0. The van der Waals surface area contributed by atoms with Gasteiger partial charge in [0.1, 0.15) is 5.75 Å². The first-order chi connectivity index (χ1) is 12.6. The lowest BCUT2D eigenvalue weighted by Crippen LogP contribution is -2.26. The van der Waals surface area contributed by atoms with E-state index < -0.39 is 12.2 Å². The molecule has 3 atom stereocenters. The number of ether oxygens (including phenoxy) is 2. The van der Waals surface area contributed by atoms with Gasteiger partial charge in [-0.15, -0.1) is 0 Å². The average Bonchev–Trinajstić information content (AvgIpc) is 2.68. The molecule has 0 heterocycles. The summed E-state index contributed by atoms with van der Waals surface area (Å²) < 4.78 is 10.4. The van der Waals surface area contributed by atoms with Crippen LogP contribution in [0.1, 0.15) is 30.3 Å². The fourth-order valence-electron chi connectivity index (χ4n) is 2.59. The first kappa shape index (κ1) is 19.7. The van der Waals surface area contributed by atoms with Gasteiger partial charge in [0.2, 0.25) is 0 Å². The number of aliphatic hydroxyl groups excluding tert-OH is 1. The Hall–Kier alpha value is -2.63. The van der Waals surface area contributed by atoms with Crippen LogP contribution in [0.4, 0.5) is 0 Å². The Morgan fingerprint density at radius 3 is 2.27 bits per heavy atom. The highest BCUT2D eigenvalue weighted by Crippen LogP contribution is 2.24. The van der Waals surface area contributed by atoms with Gasteiger partial charge in [-0.05, 0) is 23.3 Å². The maximum absolute atomic E-state index is 12.3. The van der Waals surface area contributed by atoms with Gasteiger partial charge in [-0.3, -0.25) is 4.79 Å². The van der Waals surface area contributed by atoms with Gasteiger partial charge in [-0.1, -0.05) is 55.5 Å². The number of carbonyl (C=O) groups is 1. The molecular formula is C21H25NO4. The zero-order valence-corrected chi connectivity index (χ0v) is 15.3. The summed E-state index contributed by atoms with van der Waals surface area (Å²) in [4.78, 5) is 12.3. The maximum atomic E-state index is 12.3. The van der Waals surface area contributed by atoms with Gasteiger partial charge >= 0.3 is 0 Å².